The number of aromatic nitrogens is 2. The standard InChI is InChI=1S/C22H22N4O3/c27-21(23-11-4-7-16-5-2-1-3-6-16)18-10-12-24-22(26-18)25-17-8-9-19-20(15-17)29-14-13-28-19/h1-3,5-6,8-10,12,15H,4,7,11,13-14H2,(H,23,27)(H,24,25,26). The molecule has 0 unspecified atom stereocenters. The Morgan fingerprint density at radius 2 is 1.83 bits per heavy atom. The predicted molar refractivity (Wildman–Crippen MR) is 110 cm³/mol. The lowest BCUT2D eigenvalue weighted by Gasteiger charge is -2.19. The lowest BCUT2D eigenvalue weighted by molar-refractivity contribution is 0.0948. The number of nitrogens with zero attached hydrogens (tertiary/aromatic N) is 2. The SMILES string of the molecule is O=C(NCCCc1ccccc1)c1ccnc(Nc2ccc3c(c2)OCCO3)n1. The Balaban J connectivity index is 1.32. The molecule has 0 bridgehead atoms. The number of nitrogens with one attached hydrogen (secondary N) is 2. The van der Waals surface area contributed by atoms with E-state index in [0.29, 0.717) is 42.9 Å². The first kappa shape index (κ1) is 18.7. The Labute approximate surface area is 169 Å². The molecule has 2 aromatic carbocycles. The van der Waals surface area contributed by atoms with Gasteiger partial charge in [-0.3, -0.25) is 4.79 Å². The summed E-state index contributed by atoms with van der Waals surface area (Å²) in [5.74, 6) is 1.52. The quantitative estimate of drug-likeness (QED) is 0.602. The lowest BCUT2D eigenvalue weighted by Crippen LogP contribution is -2.26. The Kier molecular flexibility index (Phi) is 5.85. The van der Waals surface area contributed by atoms with Crippen LogP contribution in [0.1, 0.15) is 22.5 Å². The Morgan fingerprint density at radius 3 is 2.69 bits per heavy atom. The topological polar surface area (TPSA) is 85.4 Å². The van der Waals surface area contributed by atoms with Crippen molar-refractivity contribution in [2.75, 3.05) is 25.1 Å². The van der Waals surface area contributed by atoms with Crippen LogP contribution in [0.3, 0.4) is 0 Å². The molecular formula is C22H22N4O3. The molecule has 1 aliphatic rings. The van der Waals surface area contributed by atoms with Crippen molar-refractivity contribution in [1.82, 2.24) is 15.3 Å². The van der Waals surface area contributed by atoms with Crippen LogP contribution in [-0.4, -0.2) is 35.6 Å². The second-order valence-corrected chi connectivity index (χ2v) is 6.59. The molecule has 3 aromatic rings. The minimum absolute atomic E-state index is 0.217. The zero-order chi connectivity index (χ0) is 19.9. The molecule has 2 N–H and O–H groups in total. The summed E-state index contributed by atoms with van der Waals surface area (Å²) in [5.41, 5.74) is 2.34. The number of ether oxygens (including phenoxy) is 2. The van der Waals surface area contributed by atoms with Gasteiger partial charge >= 0.3 is 0 Å². The molecule has 148 valence electrons. The van der Waals surface area contributed by atoms with E-state index in [0.717, 1.165) is 18.5 Å². The number of fused-ring (bicyclic) bond motifs is 1. The van der Waals surface area contributed by atoms with E-state index in [2.05, 4.69) is 32.7 Å². The van der Waals surface area contributed by atoms with E-state index >= 15 is 0 Å². The van der Waals surface area contributed by atoms with E-state index in [4.69, 9.17) is 9.47 Å². The van der Waals surface area contributed by atoms with Gasteiger partial charge < -0.3 is 20.1 Å². The predicted octanol–water partition coefficient (Wildman–Crippen LogP) is 3.35. The number of hydrogen-bond donors (Lipinski definition) is 2. The highest BCUT2D eigenvalue weighted by atomic mass is 16.6. The van der Waals surface area contributed by atoms with Crippen LogP contribution in [0.2, 0.25) is 0 Å². The molecule has 0 aliphatic carbocycles. The monoisotopic (exact) mass is 390 g/mol. The van der Waals surface area contributed by atoms with Gasteiger partial charge in [0.15, 0.2) is 11.5 Å². The van der Waals surface area contributed by atoms with Crippen molar-refractivity contribution in [3.05, 3.63) is 72.1 Å². The smallest absolute Gasteiger partial charge is 0.270 e. The molecule has 0 saturated heterocycles. The van der Waals surface area contributed by atoms with Gasteiger partial charge in [-0.1, -0.05) is 30.3 Å². The van der Waals surface area contributed by atoms with Crippen molar-refractivity contribution < 1.29 is 14.3 Å². The van der Waals surface area contributed by atoms with E-state index in [-0.39, 0.29) is 5.91 Å². The summed E-state index contributed by atoms with van der Waals surface area (Å²) in [6.45, 7) is 1.65. The maximum Gasteiger partial charge on any atom is 0.270 e. The van der Waals surface area contributed by atoms with Crippen molar-refractivity contribution in [2.24, 2.45) is 0 Å². The number of carbonyl (C=O) groups is 1. The molecule has 0 saturated carbocycles. The van der Waals surface area contributed by atoms with Crippen molar-refractivity contribution in [1.29, 1.82) is 0 Å². The molecule has 0 spiro atoms. The molecule has 2 heterocycles. The number of rotatable bonds is 7. The summed E-state index contributed by atoms with van der Waals surface area (Å²) in [5, 5.41) is 6.01. The van der Waals surface area contributed by atoms with Gasteiger partial charge in [0.05, 0.1) is 0 Å². The minimum atomic E-state index is -0.217. The third-order valence-corrected chi connectivity index (χ3v) is 4.46. The normalized spacial score (nSPS) is 12.3. The van der Waals surface area contributed by atoms with Crippen LogP contribution in [0, 0.1) is 0 Å². The highest BCUT2D eigenvalue weighted by molar-refractivity contribution is 5.92. The van der Waals surface area contributed by atoms with Gasteiger partial charge in [-0.05, 0) is 36.6 Å². The fourth-order valence-electron chi connectivity index (χ4n) is 3.03. The van der Waals surface area contributed by atoms with E-state index < -0.39 is 0 Å². The molecule has 29 heavy (non-hydrogen) atoms. The Hall–Kier alpha value is -3.61. The summed E-state index contributed by atoms with van der Waals surface area (Å²) in [7, 11) is 0. The Morgan fingerprint density at radius 1 is 1.00 bits per heavy atom. The average molecular weight is 390 g/mol. The van der Waals surface area contributed by atoms with Crippen LogP contribution < -0.4 is 20.1 Å². The van der Waals surface area contributed by atoms with Gasteiger partial charge in [-0.25, -0.2) is 9.97 Å². The van der Waals surface area contributed by atoms with E-state index in [1.165, 1.54) is 5.56 Å². The molecule has 7 nitrogen and oxygen atoms in total. The molecule has 0 atom stereocenters. The van der Waals surface area contributed by atoms with Crippen LogP contribution >= 0.6 is 0 Å². The zero-order valence-corrected chi connectivity index (χ0v) is 15.9. The highest BCUT2D eigenvalue weighted by Crippen LogP contribution is 2.33. The fraction of sp³-hybridized carbons (Fsp3) is 0.227. The van der Waals surface area contributed by atoms with Gasteiger partial charge in [0.25, 0.3) is 5.91 Å². The van der Waals surface area contributed by atoms with Crippen LogP contribution in [0.5, 0.6) is 11.5 Å². The van der Waals surface area contributed by atoms with Crippen molar-refractivity contribution in [3.8, 4) is 11.5 Å². The van der Waals surface area contributed by atoms with Crippen molar-refractivity contribution >= 4 is 17.5 Å². The van der Waals surface area contributed by atoms with Crippen LogP contribution in [0.25, 0.3) is 0 Å². The van der Waals surface area contributed by atoms with Gasteiger partial charge in [0.1, 0.15) is 18.9 Å². The number of benzene rings is 2. The number of aryl methyl sites for hydroxylation is 1. The second kappa shape index (κ2) is 9.05. The highest BCUT2D eigenvalue weighted by Gasteiger charge is 2.13. The average Bonchev–Trinajstić information content (AvgIpc) is 2.77. The maximum atomic E-state index is 12.4. The summed E-state index contributed by atoms with van der Waals surface area (Å²) in [6.07, 6.45) is 3.34. The summed E-state index contributed by atoms with van der Waals surface area (Å²) in [4.78, 5) is 20.9. The molecule has 7 heteroatoms. The van der Waals surface area contributed by atoms with Crippen molar-refractivity contribution in [2.45, 2.75) is 12.8 Å². The van der Waals surface area contributed by atoms with Gasteiger partial charge in [-0.2, -0.15) is 0 Å². The fourth-order valence-corrected chi connectivity index (χ4v) is 3.03. The van der Waals surface area contributed by atoms with Gasteiger partial charge in [-0.15, -0.1) is 0 Å². The summed E-state index contributed by atoms with van der Waals surface area (Å²) >= 11 is 0. The maximum absolute atomic E-state index is 12.4. The molecule has 4 rings (SSSR count). The first-order valence-electron chi connectivity index (χ1n) is 9.60. The molecule has 0 fully saturated rings. The van der Waals surface area contributed by atoms with E-state index in [1.54, 1.807) is 12.3 Å². The molecular weight excluding hydrogens is 368 g/mol. The van der Waals surface area contributed by atoms with E-state index in [9.17, 15) is 4.79 Å². The largest absolute Gasteiger partial charge is 0.486 e. The summed E-state index contributed by atoms with van der Waals surface area (Å²) < 4.78 is 11.1. The first-order chi connectivity index (χ1) is 14.3. The second-order valence-electron chi connectivity index (χ2n) is 6.59. The van der Waals surface area contributed by atoms with Crippen LogP contribution in [0.4, 0.5) is 11.6 Å². The third-order valence-electron chi connectivity index (χ3n) is 4.46. The lowest BCUT2D eigenvalue weighted by atomic mass is 10.1. The molecule has 0 radical (unpaired) electrons. The van der Waals surface area contributed by atoms with E-state index in [1.807, 2.05) is 36.4 Å². The number of anilines is 2. The first-order valence-corrected chi connectivity index (χ1v) is 9.60. The number of carbonyl (C=O) groups excluding carboxylic acids is 1. The zero-order valence-electron chi connectivity index (χ0n) is 15.9. The Bertz CT molecular complexity index is 979. The minimum Gasteiger partial charge on any atom is -0.486 e. The van der Waals surface area contributed by atoms with Gasteiger partial charge in [0.2, 0.25) is 5.95 Å². The number of hydrogen-bond acceptors (Lipinski definition) is 6. The molecule has 1 aromatic heterocycles. The molecule has 1 amide bonds. The van der Waals surface area contributed by atoms with Gasteiger partial charge in [0, 0.05) is 24.5 Å². The van der Waals surface area contributed by atoms with Crippen molar-refractivity contribution in [3.63, 3.8) is 0 Å². The third kappa shape index (κ3) is 5.01. The molecule has 1 aliphatic heterocycles. The van der Waals surface area contributed by atoms with Crippen LogP contribution in [0.15, 0.2) is 60.8 Å². The summed E-state index contributed by atoms with van der Waals surface area (Å²) in [6, 6.07) is 17.3. The number of amides is 1. The van der Waals surface area contributed by atoms with Crippen LogP contribution in [-0.2, 0) is 6.42 Å².